The molecule has 0 saturated heterocycles. The molecule has 86 valence electrons. The van der Waals surface area contributed by atoms with Gasteiger partial charge in [0.25, 0.3) is 0 Å². The minimum atomic E-state index is -0.554. The van der Waals surface area contributed by atoms with Gasteiger partial charge < -0.3 is 5.73 Å². The van der Waals surface area contributed by atoms with Crippen LogP contribution in [0.2, 0.25) is 5.02 Å². The van der Waals surface area contributed by atoms with Crippen LogP contribution in [0.4, 0.5) is 4.39 Å². The predicted octanol–water partition coefficient (Wildman–Crippen LogP) is 2.49. The monoisotopic (exact) mass is 241 g/mol. The van der Waals surface area contributed by atoms with Gasteiger partial charge in [-0.05, 0) is 24.1 Å². The van der Waals surface area contributed by atoms with Crippen molar-refractivity contribution in [2.45, 2.75) is 18.9 Å². The first-order chi connectivity index (χ1) is 7.54. The number of benzene rings is 1. The average Bonchev–Trinajstić information content (AvgIpc) is 2.24. The highest BCUT2D eigenvalue weighted by Gasteiger charge is 2.13. The number of halogens is 2. The lowest BCUT2D eigenvalue weighted by Gasteiger charge is -2.08. The van der Waals surface area contributed by atoms with Gasteiger partial charge in [0.05, 0.1) is 11.1 Å². The van der Waals surface area contributed by atoms with Crippen molar-refractivity contribution in [3.05, 3.63) is 47.3 Å². The number of ketones is 1. The fourth-order valence-electron chi connectivity index (χ4n) is 1.29. The summed E-state index contributed by atoms with van der Waals surface area (Å²) in [6, 6.07) is 3.65. The summed E-state index contributed by atoms with van der Waals surface area (Å²) in [5.41, 5.74) is 6.28. The number of rotatable bonds is 5. The fourth-order valence-corrected chi connectivity index (χ4v) is 1.50. The molecule has 16 heavy (non-hydrogen) atoms. The fraction of sp³-hybridized carbons (Fsp3) is 0.250. The van der Waals surface area contributed by atoms with Crippen LogP contribution in [0.1, 0.15) is 12.0 Å². The van der Waals surface area contributed by atoms with E-state index in [-0.39, 0.29) is 17.2 Å². The second-order valence-corrected chi connectivity index (χ2v) is 3.93. The summed E-state index contributed by atoms with van der Waals surface area (Å²) in [4.78, 5) is 11.6. The highest BCUT2D eigenvalue weighted by molar-refractivity contribution is 6.30. The molecule has 0 saturated carbocycles. The van der Waals surface area contributed by atoms with E-state index in [0.29, 0.717) is 12.0 Å². The highest BCUT2D eigenvalue weighted by Crippen LogP contribution is 2.16. The molecule has 0 bridgehead atoms. The third-order valence-corrected chi connectivity index (χ3v) is 2.49. The van der Waals surface area contributed by atoms with Crippen LogP contribution in [-0.4, -0.2) is 11.8 Å². The molecule has 1 unspecified atom stereocenters. The third kappa shape index (κ3) is 3.43. The smallest absolute Gasteiger partial charge is 0.154 e. The zero-order valence-electron chi connectivity index (χ0n) is 8.75. The Hall–Kier alpha value is -1.19. The first kappa shape index (κ1) is 12.9. The zero-order chi connectivity index (χ0) is 12.1. The molecule has 0 aromatic heterocycles. The van der Waals surface area contributed by atoms with E-state index in [9.17, 15) is 9.18 Å². The maximum atomic E-state index is 12.9. The standard InChI is InChI=1S/C12H13ClFNO/c1-2-3-11(15)12(16)7-8-4-5-10(14)9(13)6-8/h2,4-6,11H,1,3,7,15H2. The Kier molecular flexibility index (Phi) is 4.65. The van der Waals surface area contributed by atoms with Crippen molar-refractivity contribution in [1.29, 1.82) is 0 Å². The van der Waals surface area contributed by atoms with Gasteiger partial charge >= 0.3 is 0 Å². The summed E-state index contributed by atoms with van der Waals surface area (Å²) >= 11 is 5.60. The highest BCUT2D eigenvalue weighted by atomic mass is 35.5. The van der Waals surface area contributed by atoms with Crippen molar-refractivity contribution in [2.75, 3.05) is 0 Å². The van der Waals surface area contributed by atoms with Crippen molar-refractivity contribution in [2.24, 2.45) is 5.73 Å². The third-order valence-electron chi connectivity index (χ3n) is 2.20. The SMILES string of the molecule is C=CCC(N)C(=O)Cc1ccc(F)c(Cl)c1. The summed E-state index contributed by atoms with van der Waals surface area (Å²) in [7, 11) is 0. The zero-order valence-corrected chi connectivity index (χ0v) is 9.51. The Balaban J connectivity index is 2.69. The predicted molar refractivity (Wildman–Crippen MR) is 62.9 cm³/mol. The molecule has 1 atom stereocenters. The topological polar surface area (TPSA) is 43.1 Å². The van der Waals surface area contributed by atoms with E-state index < -0.39 is 11.9 Å². The van der Waals surface area contributed by atoms with Crippen molar-refractivity contribution in [1.82, 2.24) is 0 Å². The Bertz CT molecular complexity index is 406. The van der Waals surface area contributed by atoms with Gasteiger partial charge in [-0.25, -0.2) is 4.39 Å². The largest absolute Gasteiger partial charge is 0.321 e. The molecule has 1 aromatic carbocycles. The molecule has 4 heteroatoms. The normalized spacial score (nSPS) is 12.2. The number of carbonyl (C=O) groups excluding carboxylic acids is 1. The molecule has 0 aliphatic rings. The molecule has 0 heterocycles. The van der Waals surface area contributed by atoms with E-state index in [1.807, 2.05) is 0 Å². The number of carbonyl (C=O) groups is 1. The van der Waals surface area contributed by atoms with Gasteiger partial charge in [-0.2, -0.15) is 0 Å². The van der Waals surface area contributed by atoms with Gasteiger partial charge in [0.2, 0.25) is 0 Å². The molecule has 0 fully saturated rings. The Morgan fingerprint density at radius 3 is 2.88 bits per heavy atom. The van der Waals surface area contributed by atoms with Gasteiger partial charge in [0.1, 0.15) is 5.82 Å². The van der Waals surface area contributed by atoms with E-state index in [1.54, 1.807) is 6.08 Å². The Morgan fingerprint density at radius 2 is 2.31 bits per heavy atom. The molecular formula is C12H13ClFNO. The van der Waals surface area contributed by atoms with E-state index >= 15 is 0 Å². The maximum absolute atomic E-state index is 12.9. The van der Waals surface area contributed by atoms with Crippen LogP contribution in [0.15, 0.2) is 30.9 Å². The van der Waals surface area contributed by atoms with Crippen LogP contribution in [0, 0.1) is 5.82 Å². The lowest BCUT2D eigenvalue weighted by Crippen LogP contribution is -2.31. The van der Waals surface area contributed by atoms with E-state index in [1.165, 1.54) is 18.2 Å². The summed E-state index contributed by atoms with van der Waals surface area (Å²) < 4.78 is 12.9. The first-order valence-electron chi connectivity index (χ1n) is 4.87. The minimum Gasteiger partial charge on any atom is -0.321 e. The van der Waals surface area contributed by atoms with Gasteiger partial charge in [0, 0.05) is 6.42 Å². The molecule has 0 aliphatic heterocycles. The van der Waals surface area contributed by atoms with Crippen molar-refractivity contribution in [3.8, 4) is 0 Å². The van der Waals surface area contributed by atoms with Gasteiger partial charge in [0.15, 0.2) is 5.78 Å². The van der Waals surface area contributed by atoms with Crippen LogP contribution in [0.5, 0.6) is 0 Å². The van der Waals surface area contributed by atoms with Crippen molar-refractivity contribution in [3.63, 3.8) is 0 Å². The molecule has 0 aliphatic carbocycles. The molecule has 0 amide bonds. The lowest BCUT2D eigenvalue weighted by atomic mass is 10.0. The van der Waals surface area contributed by atoms with Crippen LogP contribution in [0.3, 0.4) is 0 Å². The van der Waals surface area contributed by atoms with Gasteiger partial charge in [-0.1, -0.05) is 23.7 Å². The van der Waals surface area contributed by atoms with Crippen LogP contribution >= 0.6 is 11.6 Å². The molecule has 2 nitrogen and oxygen atoms in total. The van der Waals surface area contributed by atoms with E-state index in [2.05, 4.69) is 6.58 Å². The number of hydrogen-bond donors (Lipinski definition) is 1. The summed E-state index contributed by atoms with van der Waals surface area (Å²) in [6.45, 7) is 3.51. The Morgan fingerprint density at radius 1 is 1.62 bits per heavy atom. The number of hydrogen-bond acceptors (Lipinski definition) is 2. The van der Waals surface area contributed by atoms with Crippen molar-refractivity contribution < 1.29 is 9.18 Å². The minimum absolute atomic E-state index is 0.0163. The maximum Gasteiger partial charge on any atom is 0.154 e. The molecule has 1 aromatic rings. The summed E-state index contributed by atoms with van der Waals surface area (Å²) in [5.74, 6) is -0.601. The average molecular weight is 242 g/mol. The summed E-state index contributed by atoms with van der Waals surface area (Å²) in [6.07, 6.45) is 2.20. The molecule has 0 radical (unpaired) electrons. The van der Waals surface area contributed by atoms with Crippen LogP contribution in [-0.2, 0) is 11.2 Å². The van der Waals surface area contributed by atoms with Crippen LogP contribution in [0.25, 0.3) is 0 Å². The molecule has 1 rings (SSSR count). The molecular weight excluding hydrogens is 229 g/mol. The van der Waals surface area contributed by atoms with E-state index in [0.717, 1.165) is 0 Å². The summed E-state index contributed by atoms with van der Waals surface area (Å²) in [5, 5.41) is 0.0163. The number of nitrogens with two attached hydrogens (primary N) is 1. The van der Waals surface area contributed by atoms with Gasteiger partial charge in [-0.3, -0.25) is 4.79 Å². The molecule has 2 N–H and O–H groups in total. The quantitative estimate of drug-likeness (QED) is 0.805. The second kappa shape index (κ2) is 5.77. The second-order valence-electron chi connectivity index (χ2n) is 3.52. The number of Topliss-reactive ketones (excluding diaryl/α,β-unsaturated/α-hetero) is 1. The van der Waals surface area contributed by atoms with Gasteiger partial charge in [-0.15, -0.1) is 6.58 Å². The lowest BCUT2D eigenvalue weighted by molar-refractivity contribution is -0.119. The van der Waals surface area contributed by atoms with Crippen LogP contribution < -0.4 is 5.73 Å². The van der Waals surface area contributed by atoms with Crippen molar-refractivity contribution >= 4 is 17.4 Å². The first-order valence-corrected chi connectivity index (χ1v) is 5.25. The Labute approximate surface area is 98.9 Å². The van der Waals surface area contributed by atoms with E-state index in [4.69, 9.17) is 17.3 Å². The molecule has 0 spiro atoms.